The van der Waals surface area contributed by atoms with Crippen molar-refractivity contribution in [2.45, 2.75) is 26.8 Å². The molecule has 1 saturated heterocycles. The van der Waals surface area contributed by atoms with Gasteiger partial charge in [-0.05, 0) is 25.5 Å². The van der Waals surface area contributed by atoms with Gasteiger partial charge in [-0.1, -0.05) is 37.3 Å². The average Bonchev–Trinajstić information content (AvgIpc) is 3.09. The van der Waals surface area contributed by atoms with Gasteiger partial charge in [-0.15, -0.1) is 12.4 Å². The Balaban J connectivity index is 0.00000210. The van der Waals surface area contributed by atoms with Crippen molar-refractivity contribution in [2.24, 2.45) is 0 Å². The smallest absolute Gasteiger partial charge is 0.163 e. The number of likely N-dealkylation sites (N-methyl/N-ethyl adjacent to an activating group) is 1. The topological polar surface area (TPSA) is 50.1 Å². The van der Waals surface area contributed by atoms with Crippen LogP contribution in [-0.4, -0.2) is 57.4 Å². The molecular weight excluding hydrogens is 360 g/mol. The average molecular weight is 387 g/mol. The number of hydrogen-bond acceptors (Lipinski definition) is 5. The van der Waals surface area contributed by atoms with Crippen molar-refractivity contribution >= 4 is 29.3 Å². The van der Waals surface area contributed by atoms with Crippen molar-refractivity contribution in [1.29, 1.82) is 0 Å². The molecule has 4 rings (SSSR count). The molecule has 2 aromatic heterocycles. The summed E-state index contributed by atoms with van der Waals surface area (Å²) in [6, 6.07) is 10.5. The summed E-state index contributed by atoms with van der Waals surface area (Å²) in [7, 11) is 0. The van der Waals surface area contributed by atoms with Crippen LogP contribution in [0.1, 0.15) is 18.3 Å². The van der Waals surface area contributed by atoms with Crippen LogP contribution < -0.4 is 4.90 Å². The number of benzene rings is 1. The van der Waals surface area contributed by atoms with E-state index in [4.69, 9.17) is 4.98 Å². The number of halogens is 1. The number of aryl methyl sites for hydroxylation is 3. The van der Waals surface area contributed by atoms with Crippen LogP contribution in [0.4, 0.5) is 5.82 Å². The maximum absolute atomic E-state index is 4.75. The second kappa shape index (κ2) is 8.67. The molecule has 0 saturated carbocycles. The summed E-state index contributed by atoms with van der Waals surface area (Å²) in [5.74, 6) is 1.85. The summed E-state index contributed by atoms with van der Waals surface area (Å²) in [6.07, 6.45) is 2.88. The van der Waals surface area contributed by atoms with Crippen LogP contribution in [0, 0.1) is 6.92 Å². The molecule has 0 amide bonds. The molecule has 1 aromatic carbocycles. The van der Waals surface area contributed by atoms with Gasteiger partial charge in [-0.25, -0.2) is 14.6 Å². The lowest BCUT2D eigenvalue weighted by molar-refractivity contribution is 0.270. The van der Waals surface area contributed by atoms with Gasteiger partial charge in [-0.3, -0.25) is 0 Å². The third-order valence-electron chi connectivity index (χ3n) is 5.16. The molecule has 1 fully saturated rings. The third kappa shape index (κ3) is 4.22. The number of nitrogens with zero attached hydrogens (tertiary/aromatic N) is 6. The number of anilines is 1. The van der Waals surface area contributed by atoms with Gasteiger partial charge < -0.3 is 9.80 Å². The fourth-order valence-electron chi connectivity index (χ4n) is 3.61. The van der Waals surface area contributed by atoms with Crippen molar-refractivity contribution in [1.82, 2.24) is 24.6 Å². The van der Waals surface area contributed by atoms with Crippen molar-refractivity contribution in [2.75, 3.05) is 37.6 Å². The zero-order valence-electron chi connectivity index (χ0n) is 16.0. The van der Waals surface area contributed by atoms with E-state index < -0.39 is 0 Å². The second-order valence-corrected chi connectivity index (χ2v) is 6.86. The van der Waals surface area contributed by atoms with Crippen LogP contribution in [0.2, 0.25) is 0 Å². The maximum atomic E-state index is 4.75. The Kier molecular flexibility index (Phi) is 6.29. The number of aromatic nitrogens is 4. The molecule has 0 N–H and O–H groups in total. The molecule has 3 aromatic rings. The van der Waals surface area contributed by atoms with E-state index in [1.807, 2.05) is 23.9 Å². The Morgan fingerprint density at radius 2 is 1.74 bits per heavy atom. The van der Waals surface area contributed by atoms with Gasteiger partial charge in [0, 0.05) is 32.7 Å². The summed E-state index contributed by atoms with van der Waals surface area (Å²) in [5, 5.41) is 5.68. The molecule has 0 spiro atoms. The SMILES string of the molecule is CCN1CCN(c2nc(C)nc3c2cnn3CCc2ccccc2)CC1.Cl. The van der Waals surface area contributed by atoms with E-state index in [1.54, 1.807) is 0 Å². The predicted molar refractivity (Wildman–Crippen MR) is 112 cm³/mol. The van der Waals surface area contributed by atoms with E-state index in [0.717, 1.165) is 68.4 Å². The quantitative estimate of drug-likeness (QED) is 0.674. The highest BCUT2D eigenvalue weighted by Crippen LogP contribution is 2.25. The largest absolute Gasteiger partial charge is 0.353 e. The highest BCUT2D eigenvalue weighted by Gasteiger charge is 2.21. The minimum Gasteiger partial charge on any atom is -0.353 e. The fourth-order valence-corrected chi connectivity index (χ4v) is 3.61. The molecule has 0 aliphatic carbocycles. The lowest BCUT2D eigenvalue weighted by Crippen LogP contribution is -2.46. The van der Waals surface area contributed by atoms with Crippen molar-refractivity contribution in [3.63, 3.8) is 0 Å². The van der Waals surface area contributed by atoms with Crippen LogP contribution in [0.5, 0.6) is 0 Å². The van der Waals surface area contributed by atoms with Gasteiger partial charge in [0.1, 0.15) is 11.6 Å². The number of piperazine rings is 1. The lowest BCUT2D eigenvalue weighted by Gasteiger charge is -2.35. The minimum atomic E-state index is 0. The molecule has 0 bridgehead atoms. The molecule has 27 heavy (non-hydrogen) atoms. The summed E-state index contributed by atoms with van der Waals surface area (Å²) in [5.41, 5.74) is 2.26. The van der Waals surface area contributed by atoms with Gasteiger partial charge in [0.2, 0.25) is 0 Å². The van der Waals surface area contributed by atoms with Crippen molar-refractivity contribution in [3.05, 3.63) is 47.9 Å². The van der Waals surface area contributed by atoms with Crippen LogP contribution in [-0.2, 0) is 13.0 Å². The van der Waals surface area contributed by atoms with Gasteiger partial charge in [0.15, 0.2) is 5.65 Å². The van der Waals surface area contributed by atoms with Crippen LogP contribution in [0.15, 0.2) is 36.5 Å². The van der Waals surface area contributed by atoms with Crippen LogP contribution in [0.3, 0.4) is 0 Å². The Morgan fingerprint density at radius 1 is 1.00 bits per heavy atom. The molecule has 3 heterocycles. The first-order chi connectivity index (χ1) is 12.7. The number of fused-ring (bicyclic) bond motifs is 1. The Hall–Kier alpha value is -2.18. The highest BCUT2D eigenvalue weighted by molar-refractivity contribution is 5.87. The van der Waals surface area contributed by atoms with E-state index in [-0.39, 0.29) is 12.4 Å². The minimum absolute atomic E-state index is 0. The Morgan fingerprint density at radius 3 is 2.44 bits per heavy atom. The third-order valence-corrected chi connectivity index (χ3v) is 5.16. The molecule has 6 nitrogen and oxygen atoms in total. The first kappa shape index (κ1) is 19.6. The summed E-state index contributed by atoms with van der Waals surface area (Å²) < 4.78 is 2.02. The standard InChI is InChI=1S/C20H26N6.ClH/c1-3-24-11-13-25(14-12-24)19-18-15-21-26(20(18)23-16(2)22-19)10-9-17-7-5-4-6-8-17;/h4-8,15H,3,9-14H2,1-2H3;1H. The van der Waals surface area contributed by atoms with Crippen molar-refractivity contribution in [3.8, 4) is 0 Å². The van der Waals surface area contributed by atoms with Gasteiger partial charge in [0.25, 0.3) is 0 Å². The molecule has 1 aliphatic heterocycles. The van der Waals surface area contributed by atoms with E-state index in [1.165, 1.54) is 5.56 Å². The van der Waals surface area contributed by atoms with Crippen molar-refractivity contribution < 1.29 is 0 Å². The maximum Gasteiger partial charge on any atom is 0.163 e. The lowest BCUT2D eigenvalue weighted by atomic mass is 10.1. The summed E-state index contributed by atoms with van der Waals surface area (Å²) >= 11 is 0. The molecule has 0 radical (unpaired) electrons. The normalized spacial score (nSPS) is 15.1. The molecule has 0 atom stereocenters. The predicted octanol–water partition coefficient (Wildman–Crippen LogP) is 2.94. The molecule has 0 unspecified atom stereocenters. The molecule has 144 valence electrons. The zero-order chi connectivity index (χ0) is 17.9. The second-order valence-electron chi connectivity index (χ2n) is 6.86. The monoisotopic (exact) mass is 386 g/mol. The van der Waals surface area contributed by atoms with Crippen LogP contribution in [0.25, 0.3) is 11.0 Å². The van der Waals surface area contributed by atoms with Gasteiger partial charge >= 0.3 is 0 Å². The summed E-state index contributed by atoms with van der Waals surface area (Å²) in [6.45, 7) is 10.3. The molecular formula is C20H27ClN6. The zero-order valence-corrected chi connectivity index (χ0v) is 16.8. The van der Waals surface area contributed by atoms with Crippen LogP contribution >= 0.6 is 12.4 Å². The first-order valence-electron chi connectivity index (χ1n) is 9.46. The molecule has 1 aliphatic rings. The van der Waals surface area contributed by atoms with E-state index in [9.17, 15) is 0 Å². The van der Waals surface area contributed by atoms with E-state index >= 15 is 0 Å². The first-order valence-corrected chi connectivity index (χ1v) is 9.46. The number of rotatable bonds is 5. The van der Waals surface area contributed by atoms with E-state index in [2.05, 4.69) is 51.1 Å². The van der Waals surface area contributed by atoms with Gasteiger partial charge in [0.05, 0.1) is 11.6 Å². The summed E-state index contributed by atoms with van der Waals surface area (Å²) in [4.78, 5) is 14.3. The highest BCUT2D eigenvalue weighted by atomic mass is 35.5. The fraction of sp³-hybridized carbons (Fsp3) is 0.450. The Labute approximate surface area is 166 Å². The Bertz CT molecular complexity index is 871. The van der Waals surface area contributed by atoms with Gasteiger partial charge in [-0.2, -0.15) is 5.10 Å². The number of hydrogen-bond donors (Lipinski definition) is 0. The molecule has 7 heteroatoms. The van der Waals surface area contributed by atoms with E-state index in [0.29, 0.717) is 0 Å².